The van der Waals surface area contributed by atoms with Crippen LogP contribution in [0.25, 0.3) is 0 Å². The van der Waals surface area contributed by atoms with E-state index in [0.29, 0.717) is 14.9 Å². The van der Waals surface area contributed by atoms with Crippen molar-refractivity contribution in [3.8, 4) is 11.5 Å². The van der Waals surface area contributed by atoms with Gasteiger partial charge in [0.25, 0.3) is 0 Å². The molecule has 8 heteroatoms. The second-order valence-corrected chi connectivity index (χ2v) is 7.30. The van der Waals surface area contributed by atoms with Gasteiger partial charge in [-0.15, -0.1) is 0 Å². The Bertz CT molecular complexity index is 913. The number of hydrogen-bond donors (Lipinski definition) is 3. The summed E-state index contributed by atoms with van der Waals surface area (Å²) < 4.78 is 5.68. The number of halogens is 1. The first-order valence-electron chi connectivity index (χ1n) is 8.56. The number of methoxy groups -OCH3 is 1. The average molecular weight is 495 g/mol. The molecule has 0 saturated heterocycles. The van der Waals surface area contributed by atoms with E-state index in [1.54, 1.807) is 12.1 Å². The molecule has 0 heterocycles. The van der Waals surface area contributed by atoms with Crippen LogP contribution in [0.3, 0.4) is 0 Å². The highest BCUT2D eigenvalue weighted by atomic mass is 127. The molecule has 2 rings (SSSR count). The molecule has 2 amide bonds. The van der Waals surface area contributed by atoms with Gasteiger partial charge >= 0.3 is 0 Å². The molecule has 0 spiro atoms. The maximum Gasteiger partial charge on any atom is 0.240 e. The van der Waals surface area contributed by atoms with Gasteiger partial charge in [-0.1, -0.05) is 12.1 Å². The number of carbonyl (C=O) groups is 2. The van der Waals surface area contributed by atoms with Crippen molar-refractivity contribution >= 4 is 46.3 Å². The van der Waals surface area contributed by atoms with Crippen LogP contribution in [-0.2, 0) is 9.59 Å². The van der Waals surface area contributed by atoms with Crippen LogP contribution < -0.4 is 15.5 Å². The van der Waals surface area contributed by atoms with Crippen molar-refractivity contribution in [2.24, 2.45) is 5.10 Å². The molecule has 0 aromatic heterocycles. The minimum absolute atomic E-state index is 0.0183. The Hall–Kier alpha value is -2.62. The van der Waals surface area contributed by atoms with Crippen LogP contribution in [0.2, 0.25) is 0 Å². The minimum Gasteiger partial charge on any atom is -0.504 e. The lowest BCUT2D eigenvalue weighted by Crippen LogP contribution is -2.21. The predicted molar refractivity (Wildman–Crippen MR) is 117 cm³/mol. The van der Waals surface area contributed by atoms with Crippen molar-refractivity contribution < 1.29 is 19.4 Å². The summed E-state index contributed by atoms with van der Waals surface area (Å²) in [5.74, 6) is -0.222. The van der Waals surface area contributed by atoms with Gasteiger partial charge in [-0.3, -0.25) is 9.59 Å². The summed E-state index contributed by atoms with van der Waals surface area (Å²) in [5, 5.41) is 16.5. The number of carbonyl (C=O) groups excluding carboxylic acids is 2. The highest BCUT2D eigenvalue weighted by Gasteiger charge is 2.10. The van der Waals surface area contributed by atoms with Crippen LogP contribution in [-0.4, -0.2) is 30.2 Å². The number of aryl methyl sites for hydroxylation is 1. The van der Waals surface area contributed by atoms with Gasteiger partial charge in [0, 0.05) is 18.5 Å². The van der Waals surface area contributed by atoms with Gasteiger partial charge < -0.3 is 15.2 Å². The molecule has 0 unspecified atom stereocenters. The van der Waals surface area contributed by atoms with Gasteiger partial charge in [-0.25, -0.2) is 5.43 Å². The maximum atomic E-state index is 12.0. The van der Waals surface area contributed by atoms with Crippen molar-refractivity contribution in [2.75, 3.05) is 12.4 Å². The Morgan fingerprint density at radius 3 is 2.64 bits per heavy atom. The topological polar surface area (TPSA) is 100 Å². The highest BCUT2D eigenvalue weighted by Crippen LogP contribution is 2.31. The van der Waals surface area contributed by atoms with E-state index < -0.39 is 0 Å². The fourth-order valence-electron chi connectivity index (χ4n) is 2.38. The number of phenolic OH excluding ortho intramolecular Hbond substituents is 1. The second-order valence-electron chi connectivity index (χ2n) is 6.14. The van der Waals surface area contributed by atoms with Crippen LogP contribution in [0, 0.1) is 17.4 Å². The van der Waals surface area contributed by atoms with Crippen molar-refractivity contribution in [1.29, 1.82) is 0 Å². The highest BCUT2D eigenvalue weighted by molar-refractivity contribution is 14.1. The number of amides is 2. The Labute approximate surface area is 177 Å². The number of ether oxygens (including phenoxy) is 1. The molecule has 3 N–H and O–H groups in total. The Morgan fingerprint density at radius 1 is 1.21 bits per heavy atom. The standard InChI is InChI=1S/C20H22IN3O4/c1-12-5-4-6-16(13(12)2)23-18(25)7-8-19(26)24-22-11-14-9-15(21)20(27)17(10-14)28-3/h4-6,9-11,27H,7-8H2,1-3H3,(H,23,25)(H,24,26). The molecular weight excluding hydrogens is 473 g/mol. The number of hydrazone groups is 1. The van der Waals surface area contributed by atoms with E-state index in [2.05, 4.69) is 15.8 Å². The zero-order valence-electron chi connectivity index (χ0n) is 15.9. The third kappa shape index (κ3) is 5.95. The maximum absolute atomic E-state index is 12.0. The van der Waals surface area contributed by atoms with E-state index in [1.165, 1.54) is 13.3 Å². The van der Waals surface area contributed by atoms with Gasteiger partial charge in [0.2, 0.25) is 11.8 Å². The quantitative estimate of drug-likeness (QED) is 0.311. The molecule has 0 aliphatic carbocycles. The van der Waals surface area contributed by atoms with Gasteiger partial charge in [0.05, 0.1) is 16.9 Å². The first-order valence-corrected chi connectivity index (χ1v) is 9.64. The van der Waals surface area contributed by atoms with Gasteiger partial charge in [0.1, 0.15) is 0 Å². The first kappa shape index (κ1) is 21.7. The summed E-state index contributed by atoms with van der Waals surface area (Å²) in [5.41, 5.74) is 5.89. The lowest BCUT2D eigenvalue weighted by Gasteiger charge is -2.10. The zero-order chi connectivity index (χ0) is 20.7. The third-order valence-corrected chi connectivity index (χ3v) is 4.95. The van der Waals surface area contributed by atoms with Crippen molar-refractivity contribution in [3.63, 3.8) is 0 Å². The SMILES string of the molecule is COc1cc(C=NNC(=O)CCC(=O)Nc2cccc(C)c2C)cc(I)c1O. The Morgan fingerprint density at radius 2 is 1.93 bits per heavy atom. The van der Waals surface area contributed by atoms with Gasteiger partial charge in [-0.05, 0) is 71.3 Å². The lowest BCUT2D eigenvalue weighted by atomic mass is 10.1. The molecule has 148 valence electrons. The second kappa shape index (κ2) is 10.1. The largest absolute Gasteiger partial charge is 0.504 e. The van der Waals surface area contributed by atoms with Crippen molar-refractivity contribution in [2.45, 2.75) is 26.7 Å². The lowest BCUT2D eigenvalue weighted by molar-refractivity contribution is -0.124. The normalized spacial score (nSPS) is 10.7. The Kier molecular flexibility index (Phi) is 7.80. The zero-order valence-corrected chi connectivity index (χ0v) is 18.0. The molecule has 0 fully saturated rings. The summed E-state index contributed by atoms with van der Waals surface area (Å²) in [6, 6.07) is 8.98. The smallest absolute Gasteiger partial charge is 0.240 e. The molecule has 0 aliphatic heterocycles. The van der Waals surface area contributed by atoms with Gasteiger partial charge in [-0.2, -0.15) is 5.10 Å². The van der Waals surface area contributed by atoms with E-state index in [1.807, 2.05) is 54.6 Å². The molecular formula is C20H22IN3O4. The number of phenols is 1. The molecule has 2 aromatic carbocycles. The summed E-state index contributed by atoms with van der Waals surface area (Å²) >= 11 is 1.97. The fraction of sp³-hybridized carbons (Fsp3) is 0.250. The van der Waals surface area contributed by atoms with Crippen LogP contribution in [0.15, 0.2) is 35.4 Å². The van der Waals surface area contributed by atoms with Crippen LogP contribution in [0.4, 0.5) is 5.69 Å². The van der Waals surface area contributed by atoms with Crippen LogP contribution in [0.1, 0.15) is 29.5 Å². The summed E-state index contributed by atoms with van der Waals surface area (Å²) in [4.78, 5) is 23.9. The molecule has 0 bridgehead atoms. The van der Waals surface area contributed by atoms with Gasteiger partial charge in [0.15, 0.2) is 11.5 Å². The monoisotopic (exact) mass is 495 g/mol. The molecule has 0 aliphatic rings. The molecule has 28 heavy (non-hydrogen) atoms. The molecule has 0 atom stereocenters. The summed E-state index contributed by atoms with van der Waals surface area (Å²) in [7, 11) is 1.46. The van der Waals surface area contributed by atoms with E-state index in [4.69, 9.17) is 4.74 Å². The van der Waals surface area contributed by atoms with Crippen molar-refractivity contribution in [3.05, 3.63) is 50.6 Å². The minimum atomic E-state index is -0.368. The number of aromatic hydroxyl groups is 1. The van der Waals surface area contributed by atoms with E-state index in [0.717, 1.165) is 16.8 Å². The summed E-state index contributed by atoms with van der Waals surface area (Å²) in [6.45, 7) is 3.91. The predicted octanol–water partition coefficient (Wildman–Crippen LogP) is 3.49. The number of anilines is 1. The number of nitrogens with zero attached hydrogens (tertiary/aromatic N) is 1. The van der Waals surface area contributed by atoms with E-state index in [9.17, 15) is 14.7 Å². The number of benzene rings is 2. The average Bonchev–Trinajstić information content (AvgIpc) is 2.66. The third-order valence-electron chi connectivity index (χ3n) is 4.13. The molecule has 0 radical (unpaired) electrons. The molecule has 2 aromatic rings. The van der Waals surface area contributed by atoms with Crippen LogP contribution >= 0.6 is 22.6 Å². The molecule has 7 nitrogen and oxygen atoms in total. The van der Waals surface area contributed by atoms with Crippen LogP contribution in [0.5, 0.6) is 11.5 Å². The first-order chi connectivity index (χ1) is 13.3. The Balaban J connectivity index is 1.84. The van der Waals surface area contributed by atoms with Crippen molar-refractivity contribution in [1.82, 2.24) is 5.43 Å². The van der Waals surface area contributed by atoms with E-state index >= 15 is 0 Å². The molecule has 0 saturated carbocycles. The van der Waals surface area contributed by atoms with E-state index in [-0.39, 0.29) is 30.4 Å². The summed E-state index contributed by atoms with van der Waals surface area (Å²) in [6.07, 6.45) is 1.52. The number of hydrogen-bond acceptors (Lipinski definition) is 5. The number of rotatable bonds is 7. The number of nitrogens with one attached hydrogen (secondary N) is 2. The fourth-order valence-corrected chi connectivity index (χ4v) is 3.01.